The zero-order valence-electron chi connectivity index (χ0n) is 16.6. The molecule has 154 valence electrons. The van der Waals surface area contributed by atoms with Crippen LogP contribution in [0.2, 0.25) is 0 Å². The number of hydrogen-bond donors (Lipinski definition) is 1. The van der Waals surface area contributed by atoms with Crippen molar-refractivity contribution in [1.82, 2.24) is 15.2 Å². The number of nitrogens with zero attached hydrogens (tertiary/aromatic N) is 3. The van der Waals surface area contributed by atoms with Gasteiger partial charge in [0.1, 0.15) is 0 Å². The van der Waals surface area contributed by atoms with Gasteiger partial charge in [0.25, 0.3) is 0 Å². The summed E-state index contributed by atoms with van der Waals surface area (Å²) in [7, 11) is 0. The SMILES string of the molecule is CCOC(=O)C(CN1CCN(c2ccncc2)CC1)(NC(C)=O)C(=O)OCC. The van der Waals surface area contributed by atoms with Crippen LogP contribution in [0, 0.1) is 0 Å². The smallest absolute Gasteiger partial charge is 0.345 e. The molecular weight excluding hydrogens is 364 g/mol. The molecule has 1 aliphatic heterocycles. The summed E-state index contributed by atoms with van der Waals surface area (Å²) in [5.74, 6) is -2.11. The lowest BCUT2D eigenvalue weighted by atomic mass is 9.97. The third kappa shape index (κ3) is 5.19. The molecule has 0 aromatic carbocycles. The van der Waals surface area contributed by atoms with Gasteiger partial charge in [-0.15, -0.1) is 0 Å². The quantitative estimate of drug-likeness (QED) is 0.495. The van der Waals surface area contributed by atoms with E-state index in [1.54, 1.807) is 26.2 Å². The molecule has 28 heavy (non-hydrogen) atoms. The molecule has 9 heteroatoms. The van der Waals surface area contributed by atoms with Gasteiger partial charge in [-0.1, -0.05) is 0 Å². The van der Waals surface area contributed by atoms with Crippen molar-refractivity contribution in [3.8, 4) is 0 Å². The fourth-order valence-electron chi connectivity index (χ4n) is 3.22. The molecule has 0 bridgehead atoms. The minimum atomic E-state index is -1.88. The maximum absolute atomic E-state index is 12.7. The van der Waals surface area contributed by atoms with E-state index in [4.69, 9.17) is 9.47 Å². The summed E-state index contributed by atoms with van der Waals surface area (Å²) in [5, 5.41) is 2.50. The average Bonchev–Trinajstić information content (AvgIpc) is 2.68. The molecule has 2 rings (SSSR count). The maximum Gasteiger partial charge on any atom is 0.345 e. The average molecular weight is 392 g/mol. The lowest BCUT2D eigenvalue weighted by Crippen LogP contribution is -2.67. The van der Waals surface area contributed by atoms with Crippen LogP contribution in [0.1, 0.15) is 20.8 Å². The standard InChI is InChI=1S/C19H28N4O5/c1-4-27-17(25)19(21-15(3)24,18(26)28-5-2)14-22-10-12-23(13-11-22)16-6-8-20-9-7-16/h6-9H,4-5,10-14H2,1-3H3,(H,21,24). The van der Waals surface area contributed by atoms with Crippen LogP contribution in [-0.2, 0) is 23.9 Å². The first-order chi connectivity index (χ1) is 13.4. The van der Waals surface area contributed by atoms with Crippen molar-refractivity contribution in [3.05, 3.63) is 24.5 Å². The Bertz CT molecular complexity index is 656. The summed E-state index contributed by atoms with van der Waals surface area (Å²) < 4.78 is 10.2. The Balaban J connectivity index is 2.16. The van der Waals surface area contributed by atoms with Crippen LogP contribution in [0.3, 0.4) is 0 Å². The Morgan fingerprint density at radius 3 is 2.04 bits per heavy atom. The fraction of sp³-hybridized carbons (Fsp3) is 0.579. The monoisotopic (exact) mass is 392 g/mol. The van der Waals surface area contributed by atoms with E-state index >= 15 is 0 Å². The molecule has 1 amide bonds. The number of aromatic nitrogens is 1. The number of amides is 1. The van der Waals surface area contributed by atoms with Crippen LogP contribution < -0.4 is 10.2 Å². The lowest BCUT2D eigenvalue weighted by molar-refractivity contribution is -0.169. The summed E-state index contributed by atoms with van der Waals surface area (Å²) in [6.07, 6.45) is 3.48. The van der Waals surface area contributed by atoms with Crippen LogP contribution in [0.25, 0.3) is 0 Å². The molecule has 0 saturated carbocycles. The highest BCUT2D eigenvalue weighted by Crippen LogP contribution is 2.19. The normalized spacial score (nSPS) is 15.0. The van der Waals surface area contributed by atoms with Gasteiger partial charge in [-0.05, 0) is 26.0 Å². The summed E-state index contributed by atoms with van der Waals surface area (Å²) in [4.78, 5) is 45.4. The number of esters is 2. The number of nitrogens with one attached hydrogen (secondary N) is 1. The first-order valence-electron chi connectivity index (χ1n) is 9.43. The molecule has 0 aliphatic carbocycles. The van der Waals surface area contributed by atoms with E-state index in [9.17, 15) is 14.4 Å². The molecule has 1 aromatic rings. The zero-order valence-corrected chi connectivity index (χ0v) is 16.6. The van der Waals surface area contributed by atoms with Gasteiger partial charge in [-0.25, -0.2) is 9.59 Å². The molecule has 0 spiro atoms. The van der Waals surface area contributed by atoms with E-state index in [1.165, 1.54) is 6.92 Å². The number of hydrogen-bond acceptors (Lipinski definition) is 8. The van der Waals surface area contributed by atoms with Crippen molar-refractivity contribution in [2.45, 2.75) is 26.3 Å². The van der Waals surface area contributed by atoms with Gasteiger partial charge in [-0.2, -0.15) is 0 Å². The van der Waals surface area contributed by atoms with E-state index in [2.05, 4.69) is 15.2 Å². The van der Waals surface area contributed by atoms with Crippen LogP contribution in [-0.4, -0.2) is 79.2 Å². The summed E-state index contributed by atoms with van der Waals surface area (Å²) in [6.45, 7) is 7.39. The van der Waals surface area contributed by atoms with Gasteiger partial charge in [0.2, 0.25) is 11.4 Å². The van der Waals surface area contributed by atoms with Crippen molar-refractivity contribution in [2.24, 2.45) is 0 Å². The predicted octanol–water partition coefficient (Wildman–Crippen LogP) is 0.205. The molecule has 2 heterocycles. The highest BCUT2D eigenvalue weighted by Gasteiger charge is 2.51. The Labute approximate surface area is 165 Å². The number of anilines is 1. The second-order valence-electron chi connectivity index (χ2n) is 6.50. The highest BCUT2D eigenvalue weighted by molar-refractivity contribution is 6.08. The van der Waals surface area contributed by atoms with Crippen molar-refractivity contribution in [1.29, 1.82) is 0 Å². The molecule has 1 fully saturated rings. The minimum absolute atomic E-state index is 0.00552. The number of ether oxygens (including phenoxy) is 2. The van der Waals surface area contributed by atoms with E-state index in [0.717, 1.165) is 5.69 Å². The Kier molecular flexibility index (Phi) is 7.74. The lowest BCUT2D eigenvalue weighted by Gasteiger charge is -2.40. The number of piperazine rings is 1. The van der Waals surface area contributed by atoms with Gasteiger partial charge in [0, 0.05) is 57.7 Å². The minimum Gasteiger partial charge on any atom is -0.464 e. The third-order valence-electron chi connectivity index (χ3n) is 4.50. The highest BCUT2D eigenvalue weighted by atomic mass is 16.6. The molecule has 1 aromatic heterocycles. The first kappa shape index (κ1) is 21.6. The molecule has 9 nitrogen and oxygen atoms in total. The van der Waals surface area contributed by atoms with Crippen LogP contribution in [0.5, 0.6) is 0 Å². The molecule has 0 radical (unpaired) electrons. The van der Waals surface area contributed by atoms with Gasteiger partial charge in [0.05, 0.1) is 13.2 Å². The third-order valence-corrected chi connectivity index (χ3v) is 4.50. The van der Waals surface area contributed by atoms with Crippen LogP contribution in [0.4, 0.5) is 5.69 Å². The Morgan fingerprint density at radius 2 is 1.57 bits per heavy atom. The van der Waals surface area contributed by atoms with Gasteiger partial charge >= 0.3 is 11.9 Å². The second kappa shape index (κ2) is 10.0. The fourth-order valence-corrected chi connectivity index (χ4v) is 3.22. The van der Waals surface area contributed by atoms with Crippen molar-refractivity contribution in [2.75, 3.05) is 50.8 Å². The zero-order chi connectivity index (χ0) is 20.6. The van der Waals surface area contributed by atoms with Crippen LogP contribution >= 0.6 is 0 Å². The van der Waals surface area contributed by atoms with Crippen molar-refractivity contribution >= 4 is 23.5 Å². The van der Waals surface area contributed by atoms with Crippen molar-refractivity contribution < 1.29 is 23.9 Å². The van der Waals surface area contributed by atoms with Gasteiger partial charge in [0.15, 0.2) is 0 Å². The molecule has 0 atom stereocenters. The molecule has 1 aliphatic rings. The van der Waals surface area contributed by atoms with Crippen LogP contribution in [0.15, 0.2) is 24.5 Å². The molecular formula is C19H28N4O5. The number of pyridine rings is 1. The molecule has 0 unspecified atom stereocenters. The van der Waals surface area contributed by atoms with E-state index in [0.29, 0.717) is 26.2 Å². The van der Waals surface area contributed by atoms with E-state index in [1.807, 2.05) is 17.0 Å². The number of rotatable bonds is 8. The maximum atomic E-state index is 12.7. The van der Waals surface area contributed by atoms with E-state index in [-0.39, 0.29) is 19.8 Å². The molecule has 1 saturated heterocycles. The second-order valence-corrected chi connectivity index (χ2v) is 6.50. The Hall–Kier alpha value is -2.68. The van der Waals surface area contributed by atoms with E-state index < -0.39 is 23.4 Å². The predicted molar refractivity (Wildman–Crippen MR) is 103 cm³/mol. The summed E-state index contributed by atoms with van der Waals surface area (Å²) in [6, 6.07) is 3.88. The first-order valence-corrected chi connectivity index (χ1v) is 9.43. The van der Waals surface area contributed by atoms with Gasteiger partial charge < -0.3 is 19.7 Å². The topological polar surface area (TPSA) is 101 Å². The number of carbonyl (C=O) groups is 3. The largest absolute Gasteiger partial charge is 0.464 e. The summed E-state index contributed by atoms with van der Waals surface area (Å²) >= 11 is 0. The molecule has 1 N–H and O–H groups in total. The van der Waals surface area contributed by atoms with Gasteiger partial charge in [-0.3, -0.25) is 14.7 Å². The number of carbonyl (C=O) groups excluding carboxylic acids is 3. The summed E-state index contributed by atoms with van der Waals surface area (Å²) in [5.41, 5.74) is -0.810. The Morgan fingerprint density at radius 1 is 1.04 bits per heavy atom. The van der Waals surface area contributed by atoms with Crippen molar-refractivity contribution in [3.63, 3.8) is 0 Å².